The second kappa shape index (κ2) is 7.53. The Morgan fingerprint density at radius 3 is 2.33 bits per heavy atom. The standard InChI is InChI=1S/C22H21NO3S/c1-25-19-8-3-15(4-9-19)13-23-21(24)14-27-22(23)18-6-5-17-12-20(26-2)10-7-16(17)11-18/h3-12,22H,13-14H2,1-2H3. The van der Waals surface area contributed by atoms with Crippen molar-refractivity contribution < 1.29 is 14.3 Å². The SMILES string of the molecule is COc1ccc(CN2C(=O)CSC2c2ccc3cc(OC)ccc3c2)cc1. The third-order valence-electron chi connectivity index (χ3n) is 4.84. The predicted molar refractivity (Wildman–Crippen MR) is 109 cm³/mol. The van der Waals surface area contributed by atoms with Gasteiger partial charge in [-0.15, -0.1) is 11.8 Å². The second-order valence-corrected chi connectivity index (χ2v) is 7.57. The zero-order chi connectivity index (χ0) is 18.8. The van der Waals surface area contributed by atoms with Gasteiger partial charge in [0.05, 0.1) is 20.0 Å². The minimum atomic E-state index is 0.0334. The molecule has 1 heterocycles. The van der Waals surface area contributed by atoms with E-state index < -0.39 is 0 Å². The lowest BCUT2D eigenvalue weighted by Gasteiger charge is -2.24. The summed E-state index contributed by atoms with van der Waals surface area (Å²) in [7, 11) is 3.33. The van der Waals surface area contributed by atoms with Gasteiger partial charge in [-0.2, -0.15) is 0 Å². The lowest BCUT2D eigenvalue weighted by atomic mass is 10.1. The molecule has 0 saturated carbocycles. The number of nitrogens with zero attached hydrogens (tertiary/aromatic N) is 1. The lowest BCUT2D eigenvalue weighted by molar-refractivity contribution is -0.128. The summed E-state index contributed by atoms with van der Waals surface area (Å²) >= 11 is 1.68. The summed E-state index contributed by atoms with van der Waals surface area (Å²) in [4.78, 5) is 14.5. The van der Waals surface area contributed by atoms with Gasteiger partial charge in [-0.3, -0.25) is 4.79 Å². The molecule has 0 radical (unpaired) electrons. The first-order chi connectivity index (χ1) is 13.2. The van der Waals surface area contributed by atoms with Crippen molar-refractivity contribution in [3.63, 3.8) is 0 Å². The first kappa shape index (κ1) is 17.7. The van der Waals surface area contributed by atoms with Crippen LogP contribution in [-0.2, 0) is 11.3 Å². The number of thioether (sulfide) groups is 1. The number of carbonyl (C=O) groups excluding carboxylic acids is 1. The molecule has 4 rings (SSSR count). The third-order valence-corrected chi connectivity index (χ3v) is 6.09. The fraction of sp³-hybridized carbons (Fsp3) is 0.227. The number of carbonyl (C=O) groups is 1. The van der Waals surface area contributed by atoms with Gasteiger partial charge in [0.25, 0.3) is 0 Å². The number of hydrogen-bond acceptors (Lipinski definition) is 4. The van der Waals surface area contributed by atoms with Gasteiger partial charge < -0.3 is 14.4 Å². The van der Waals surface area contributed by atoms with Crippen molar-refractivity contribution in [2.45, 2.75) is 11.9 Å². The zero-order valence-corrected chi connectivity index (χ0v) is 16.2. The summed E-state index contributed by atoms with van der Waals surface area (Å²) in [6.45, 7) is 0.598. The van der Waals surface area contributed by atoms with Crippen molar-refractivity contribution in [3.8, 4) is 11.5 Å². The molecule has 1 fully saturated rings. The van der Waals surface area contributed by atoms with Crippen molar-refractivity contribution in [1.29, 1.82) is 0 Å². The highest BCUT2D eigenvalue weighted by atomic mass is 32.2. The molecular formula is C22H21NO3S. The molecule has 0 bridgehead atoms. The number of fused-ring (bicyclic) bond motifs is 1. The van der Waals surface area contributed by atoms with Crippen molar-refractivity contribution in [3.05, 3.63) is 71.8 Å². The highest BCUT2D eigenvalue weighted by molar-refractivity contribution is 8.00. The number of benzene rings is 3. The summed E-state index contributed by atoms with van der Waals surface area (Å²) in [5, 5.41) is 2.32. The van der Waals surface area contributed by atoms with Crippen LogP contribution in [0.3, 0.4) is 0 Å². The largest absolute Gasteiger partial charge is 0.497 e. The maximum absolute atomic E-state index is 12.5. The Kier molecular flexibility index (Phi) is 4.94. The molecule has 0 N–H and O–H groups in total. The third kappa shape index (κ3) is 3.60. The van der Waals surface area contributed by atoms with E-state index in [1.165, 1.54) is 0 Å². The van der Waals surface area contributed by atoms with Crippen LogP contribution in [0.2, 0.25) is 0 Å². The van der Waals surface area contributed by atoms with Crippen LogP contribution in [0.25, 0.3) is 10.8 Å². The van der Waals surface area contributed by atoms with Gasteiger partial charge in [-0.05, 0) is 52.2 Å². The highest BCUT2D eigenvalue weighted by Gasteiger charge is 2.32. The van der Waals surface area contributed by atoms with Crippen LogP contribution in [0.1, 0.15) is 16.5 Å². The van der Waals surface area contributed by atoms with Gasteiger partial charge >= 0.3 is 0 Å². The summed E-state index contributed by atoms with van der Waals surface area (Å²) in [5.74, 6) is 2.36. The van der Waals surface area contributed by atoms with E-state index in [1.54, 1.807) is 26.0 Å². The zero-order valence-electron chi connectivity index (χ0n) is 15.3. The monoisotopic (exact) mass is 379 g/mol. The predicted octanol–water partition coefficient (Wildman–Crippen LogP) is 4.63. The summed E-state index contributed by atoms with van der Waals surface area (Å²) in [6.07, 6.45) is 0. The van der Waals surface area contributed by atoms with Gasteiger partial charge in [-0.1, -0.05) is 30.3 Å². The van der Waals surface area contributed by atoms with Gasteiger partial charge in [0.15, 0.2) is 0 Å². The Hall–Kier alpha value is -2.66. The van der Waals surface area contributed by atoms with E-state index in [2.05, 4.69) is 24.3 Å². The van der Waals surface area contributed by atoms with E-state index in [0.717, 1.165) is 33.4 Å². The van der Waals surface area contributed by atoms with Crippen LogP contribution < -0.4 is 9.47 Å². The van der Waals surface area contributed by atoms with Crippen LogP contribution >= 0.6 is 11.8 Å². The molecule has 1 unspecified atom stereocenters. The van der Waals surface area contributed by atoms with E-state index in [-0.39, 0.29) is 11.3 Å². The Morgan fingerprint density at radius 2 is 1.59 bits per heavy atom. The molecule has 138 valence electrons. The molecule has 1 saturated heterocycles. The van der Waals surface area contributed by atoms with Gasteiger partial charge in [-0.25, -0.2) is 0 Å². The second-order valence-electron chi connectivity index (χ2n) is 6.51. The molecule has 3 aromatic carbocycles. The quantitative estimate of drug-likeness (QED) is 0.648. The molecule has 27 heavy (non-hydrogen) atoms. The van der Waals surface area contributed by atoms with Gasteiger partial charge in [0.2, 0.25) is 5.91 Å². The molecule has 3 aromatic rings. The normalized spacial score (nSPS) is 16.7. The fourth-order valence-corrected chi connectivity index (χ4v) is 4.53. The molecule has 1 amide bonds. The van der Waals surface area contributed by atoms with E-state index in [4.69, 9.17) is 9.47 Å². The van der Waals surface area contributed by atoms with Crippen LogP contribution in [0.5, 0.6) is 11.5 Å². The molecule has 1 atom stereocenters. The molecule has 1 aliphatic rings. The van der Waals surface area contributed by atoms with Crippen molar-refractivity contribution in [1.82, 2.24) is 4.90 Å². The number of methoxy groups -OCH3 is 2. The van der Waals surface area contributed by atoms with Gasteiger partial charge in [0, 0.05) is 6.54 Å². The topological polar surface area (TPSA) is 38.8 Å². The van der Waals surface area contributed by atoms with E-state index in [1.807, 2.05) is 41.3 Å². The maximum atomic E-state index is 12.5. The van der Waals surface area contributed by atoms with Crippen LogP contribution in [0, 0.1) is 0 Å². The Morgan fingerprint density at radius 1 is 0.926 bits per heavy atom. The molecule has 5 heteroatoms. The van der Waals surface area contributed by atoms with E-state index in [9.17, 15) is 4.79 Å². The maximum Gasteiger partial charge on any atom is 0.234 e. The molecule has 0 aliphatic carbocycles. The molecular weight excluding hydrogens is 358 g/mol. The Balaban J connectivity index is 1.60. The number of rotatable bonds is 5. The molecule has 0 aromatic heterocycles. The average Bonchev–Trinajstić information content (AvgIpc) is 3.08. The van der Waals surface area contributed by atoms with Crippen molar-refractivity contribution in [2.24, 2.45) is 0 Å². The van der Waals surface area contributed by atoms with E-state index in [0.29, 0.717) is 12.3 Å². The lowest BCUT2D eigenvalue weighted by Crippen LogP contribution is -2.27. The summed E-state index contributed by atoms with van der Waals surface area (Å²) in [6, 6.07) is 20.3. The van der Waals surface area contributed by atoms with Crippen LogP contribution in [0.4, 0.5) is 0 Å². The minimum absolute atomic E-state index is 0.0334. The fourth-order valence-electron chi connectivity index (χ4n) is 3.35. The smallest absolute Gasteiger partial charge is 0.234 e. The first-order valence-electron chi connectivity index (χ1n) is 8.79. The Labute approximate surface area is 163 Å². The number of amides is 1. The highest BCUT2D eigenvalue weighted by Crippen LogP contribution is 2.40. The molecule has 4 nitrogen and oxygen atoms in total. The number of hydrogen-bond donors (Lipinski definition) is 0. The van der Waals surface area contributed by atoms with E-state index >= 15 is 0 Å². The average molecular weight is 379 g/mol. The van der Waals surface area contributed by atoms with Crippen molar-refractivity contribution in [2.75, 3.05) is 20.0 Å². The van der Waals surface area contributed by atoms with Crippen LogP contribution in [0.15, 0.2) is 60.7 Å². The minimum Gasteiger partial charge on any atom is -0.497 e. The Bertz CT molecular complexity index is 971. The van der Waals surface area contributed by atoms with Crippen LogP contribution in [-0.4, -0.2) is 30.8 Å². The van der Waals surface area contributed by atoms with Gasteiger partial charge in [0.1, 0.15) is 16.9 Å². The summed E-state index contributed by atoms with van der Waals surface area (Å²) < 4.78 is 10.5. The van der Waals surface area contributed by atoms with Crippen molar-refractivity contribution >= 4 is 28.4 Å². The number of ether oxygens (including phenoxy) is 2. The summed E-state index contributed by atoms with van der Waals surface area (Å²) in [5.41, 5.74) is 2.25. The molecule has 1 aliphatic heterocycles. The molecule has 0 spiro atoms. The first-order valence-corrected chi connectivity index (χ1v) is 9.84.